The molecule has 1 aromatic rings. The summed E-state index contributed by atoms with van der Waals surface area (Å²) in [6.07, 6.45) is 1.83. The SMILES string of the molecule is COCCN(CCOC)Cc1cc(CNC(C)C)co1. The van der Waals surface area contributed by atoms with Crippen molar-refractivity contribution in [2.75, 3.05) is 40.5 Å². The number of rotatable bonds is 11. The zero-order chi connectivity index (χ0) is 14.8. The summed E-state index contributed by atoms with van der Waals surface area (Å²) in [5.41, 5.74) is 1.19. The molecule has 1 aromatic heterocycles. The maximum absolute atomic E-state index is 5.62. The fourth-order valence-corrected chi connectivity index (χ4v) is 1.85. The quantitative estimate of drug-likeness (QED) is 0.672. The molecule has 0 radical (unpaired) electrons. The third-order valence-electron chi connectivity index (χ3n) is 3.03. The fourth-order valence-electron chi connectivity index (χ4n) is 1.85. The highest BCUT2D eigenvalue weighted by Gasteiger charge is 2.09. The van der Waals surface area contributed by atoms with Gasteiger partial charge in [0.2, 0.25) is 0 Å². The van der Waals surface area contributed by atoms with Crippen LogP contribution in [0.2, 0.25) is 0 Å². The normalized spacial score (nSPS) is 11.7. The third-order valence-corrected chi connectivity index (χ3v) is 3.03. The summed E-state index contributed by atoms with van der Waals surface area (Å²) in [6, 6.07) is 2.59. The Bertz CT molecular complexity index is 345. The topological polar surface area (TPSA) is 46.9 Å². The summed E-state index contributed by atoms with van der Waals surface area (Å²) in [6.45, 7) is 9.08. The van der Waals surface area contributed by atoms with Crippen molar-refractivity contribution in [3.8, 4) is 0 Å². The molecule has 0 fully saturated rings. The summed E-state index contributed by atoms with van der Waals surface area (Å²) in [5.74, 6) is 0.984. The van der Waals surface area contributed by atoms with Crippen LogP contribution in [-0.2, 0) is 22.6 Å². The molecule has 0 unspecified atom stereocenters. The van der Waals surface area contributed by atoms with Crippen molar-refractivity contribution in [2.24, 2.45) is 0 Å². The number of furan rings is 1. The zero-order valence-electron chi connectivity index (χ0n) is 13.1. The number of nitrogens with one attached hydrogen (secondary N) is 1. The number of methoxy groups -OCH3 is 2. The lowest BCUT2D eigenvalue weighted by molar-refractivity contribution is 0.106. The average molecular weight is 284 g/mol. The van der Waals surface area contributed by atoms with Crippen molar-refractivity contribution in [1.29, 1.82) is 0 Å². The van der Waals surface area contributed by atoms with E-state index in [1.165, 1.54) is 5.56 Å². The van der Waals surface area contributed by atoms with Crippen LogP contribution in [0, 0.1) is 0 Å². The molecule has 116 valence electrons. The van der Waals surface area contributed by atoms with E-state index in [2.05, 4.69) is 30.1 Å². The Labute approximate surface area is 122 Å². The van der Waals surface area contributed by atoms with Gasteiger partial charge in [-0.1, -0.05) is 13.8 Å². The van der Waals surface area contributed by atoms with Crippen LogP contribution in [-0.4, -0.2) is 51.5 Å². The van der Waals surface area contributed by atoms with Crippen LogP contribution in [0.25, 0.3) is 0 Å². The van der Waals surface area contributed by atoms with Crippen LogP contribution in [0.3, 0.4) is 0 Å². The van der Waals surface area contributed by atoms with E-state index < -0.39 is 0 Å². The van der Waals surface area contributed by atoms with Crippen molar-refractivity contribution in [1.82, 2.24) is 10.2 Å². The summed E-state index contributed by atoms with van der Waals surface area (Å²) < 4.78 is 15.9. The van der Waals surface area contributed by atoms with Crippen molar-refractivity contribution in [2.45, 2.75) is 33.0 Å². The van der Waals surface area contributed by atoms with Gasteiger partial charge in [-0.05, 0) is 6.07 Å². The standard InChI is InChI=1S/C15H28N2O3/c1-13(2)16-10-14-9-15(20-12-14)11-17(5-7-18-3)6-8-19-4/h9,12-13,16H,5-8,10-11H2,1-4H3. The lowest BCUT2D eigenvalue weighted by Gasteiger charge is -2.20. The first-order valence-corrected chi connectivity index (χ1v) is 7.15. The molecule has 0 bridgehead atoms. The highest BCUT2D eigenvalue weighted by molar-refractivity contribution is 5.12. The first kappa shape index (κ1) is 17.2. The molecular formula is C15H28N2O3. The highest BCUT2D eigenvalue weighted by Crippen LogP contribution is 2.11. The molecular weight excluding hydrogens is 256 g/mol. The zero-order valence-corrected chi connectivity index (χ0v) is 13.1. The van der Waals surface area contributed by atoms with Crippen LogP contribution in [0.1, 0.15) is 25.2 Å². The second-order valence-electron chi connectivity index (χ2n) is 5.22. The Morgan fingerprint density at radius 2 is 1.85 bits per heavy atom. The molecule has 1 rings (SSSR count). The van der Waals surface area contributed by atoms with Crippen molar-refractivity contribution < 1.29 is 13.9 Å². The largest absolute Gasteiger partial charge is 0.468 e. The minimum Gasteiger partial charge on any atom is -0.468 e. The van der Waals surface area contributed by atoms with Gasteiger partial charge in [0.25, 0.3) is 0 Å². The smallest absolute Gasteiger partial charge is 0.118 e. The molecule has 0 aromatic carbocycles. The monoisotopic (exact) mass is 284 g/mol. The van der Waals surface area contributed by atoms with Crippen molar-refractivity contribution in [3.63, 3.8) is 0 Å². The Morgan fingerprint density at radius 3 is 2.40 bits per heavy atom. The Morgan fingerprint density at radius 1 is 1.20 bits per heavy atom. The molecule has 5 nitrogen and oxygen atoms in total. The summed E-state index contributed by atoms with van der Waals surface area (Å²) in [7, 11) is 3.44. The van der Waals surface area contributed by atoms with Gasteiger partial charge < -0.3 is 19.2 Å². The second kappa shape index (κ2) is 9.94. The number of hydrogen-bond donors (Lipinski definition) is 1. The molecule has 1 N–H and O–H groups in total. The van der Waals surface area contributed by atoms with E-state index in [0.717, 1.165) is 31.9 Å². The van der Waals surface area contributed by atoms with Crippen molar-refractivity contribution in [3.05, 3.63) is 23.7 Å². The number of nitrogens with zero attached hydrogens (tertiary/aromatic N) is 1. The molecule has 0 amide bonds. The predicted molar refractivity (Wildman–Crippen MR) is 79.7 cm³/mol. The minimum absolute atomic E-state index is 0.480. The lowest BCUT2D eigenvalue weighted by Crippen LogP contribution is -2.30. The molecule has 0 saturated carbocycles. The molecule has 0 atom stereocenters. The average Bonchev–Trinajstić information content (AvgIpc) is 2.87. The first-order chi connectivity index (χ1) is 9.65. The van der Waals surface area contributed by atoms with Gasteiger partial charge in [0.1, 0.15) is 5.76 Å². The van der Waals surface area contributed by atoms with Gasteiger partial charge in [0.05, 0.1) is 26.0 Å². The fraction of sp³-hybridized carbons (Fsp3) is 0.733. The van der Waals surface area contributed by atoms with Crippen LogP contribution in [0.15, 0.2) is 16.7 Å². The van der Waals surface area contributed by atoms with E-state index in [9.17, 15) is 0 Å². The van der Waals surface area contributed by atoms with E-state index in [1.807, 2.05) is 6.26 Å². The molecule has 0 spiro atoms. The van der Waals surface area contributed by atoms with Crippen molar-refractivity contribution >= 4 is 0 Å². The van der Waals surface area contributed by atoms with E-state index in [1.54, 1.807) is 14.2 Å². The third kappa shape index (κ3) is 7.05. The number of ether oxygens (including phenoxy) is 2. The van der Waals surface area contributed by atoms with Gasteiger partial charge in [0.15, 0.2) is 0 Å². The highest BCUT2D eigenvalue weighted by atomic mass is 16.5. The van der Waals surface area contributed by atoms with Crippen LogP contribution < -0.4 is 5.32 Å². The molecule has 0 aliphatic carbocycles. The first-order valence-electron chi connectivity index (χ1n) is 7.15. The van der Waals surface area contributed by atoms with Gasteiger partial charge in [-0.2, -0.15) is 0 Å². The summed E-state index contributed by atoms with van der Waals surface area (Å²) >= 11 is 0. The maximum atomic E-state index is 5.62. The Kier molecular flexibility index (Phi) is 8.53. The number of hydrogen-bond acceptors (Lipinski definition) is 5. The van der Waals surface area contributed by atoms with E-state index in [-0.39, 0.29) is 0 Å². The van der Waals surface area contributed by atoms with Crippen LogP contribution >= 0.6 is 0 Å². The minimum atomic E-state index is 0.480. The van der Waals surface area contributed by atoms with Gasteiger partial charge >= 0.3 is 0 Å². The summed E-state index contributed by atoms with van der Waals surface area (Å²) in [5, 5.41) is 3.38. The second-order valence-corrected chi connectivity index (χ2v) is 5.22. The molecule has 5 heteroatoms. The van der Waals surface area contributed by atoms with Gasteiger partial charge in [-0.25, -0.2) is 0 Å². The van der Waals surface area contributed by atoms with Gasteiger partial charge in [0, 0.05) is 45.5 Å². The van der Waals surface area contributed by atoms with E-state index >= 15 is 0 Å². The maximum Gasteiger partial charge on any atom is 0.118 e. The molecule has 0 aliphatic heterocycles. The predicted octanol–water partition coefficient (Wildman–Crippen LogP) is 1.87. The van der Waals surface area contributed by atoms with Gasteiger partial charge in [-0.15, -0.1) is 0 Å². The molecule has 0 saturated heterocycles. The van der Waals surface area contributed by atoms with Crippen LogP contribution in [0.4, 0.5) is 0 Å². The molecule has 1 heterocycles. The molecule has 20 heavy (non-hydrogen) atoms. The lowest BCUT2D eigenvalue weighted by atomic mass is 10.2. The Balaban J connectivity index is 2.45. The van der Waals surface area contributed by atoms with E-state index in [0.29, 0.717) is 19.3 Å². The molecule has 0 aliphatic rings. The van der Waals surface area contributed by atoms with Gasteiger partial charge in [-0.3, -0.25) is 4.90 Å². The summed E-state index contributed by atoms with van der Waals surface area (Å²) in [4.78, 5) is 2.27. The van der Waals surface area contributed by atoms with Crippen LogP contribution in [0.5, 0.6) is 0 Å². The Hall–Kier alpha value is -0.880. The van der Waals surface area contributed by atoms with E-state index in [4.69, 9.17) is 13.9 Å².